The molecule has 0 spiro atoms. The van der Waals surface area contributed by atoms with Crippen LogP contribution in [-0.4, -0.2) is 19.7 Å². The minimum absolute atomic E-state index is 0.133. The maximum Gasteiger partial charge on any atom is 0.270 e. The third-order valence-corrected chi connectivity index (χ3v) is 10.0. The first-order valence-corrected chi connectivity index (χ1v) is 18.5. The Balaban J connectivity index is 0.000000135. The van der Waals surface area contributed by atoms with E-state index in [2.05, 4.69) is 38.1 Å². The first-order chi connectivity index (χ1) is 28.2. The maximum absolute atomic E-state index is 10.8. The molecule has 8 aromatic carbocycles. The van der Waals surface area contributed by atoms with Gasteiger partial charge in [0.25, 0.3) is 22.7 Å². The van der Waals surface area contributed by atoms with Gasteiger partial charge in [-0.15, -0.1) is 0 Å². The Hall–Kier alpha value is -7.86. The van der Waals surface area contributed by atoms with E-state index in [1.165, 1.54) is 34.9 Å². The number of rotatable bonds is 4. The molecule has 294 valence electrons. The molecule has 0 bridgehead atoms. The highest BCUT2D eigenvalue weighted by atomic mass is 16.6. The van der Waals surface area contributed by atoms with Crippen molar-refractivity contribution in [3.8, 4) is 11.1 Å². The molecule has 12 nitrogen and oxygen atoms in total. The summed E-state index contributed by atoms with van der Waals surface area (Å²) in [7, 11) is 0. The molecule has 1 atom stereocenters. The topological polar surface area (TPSA) is 173 Å². The van der Waals surface area contributed by atoms with Crippen LogP contribution in [0.5, 0.6) is 0 Å². The molecule has 0 fully saturated rings. The van der Waals surface area contributed by atoms with Crippen molar-refractivity contribution >= 4 is 55.1 Å². The van der Waals surface area contributed by atoms with E-state index in [1.807, 2.05) is 68.4 Å². The summed E-state index contributed by atoms with van der Waals surface area (Å²) >= 11 is 0. The molecule has 0 radical (unpaired) electrons. The van der Waals surface area contributed by atoms with Gasteiger partial charge in [0.1, 0.15) is 0 Å². The fourth-order valence-electron chi connectivity index (χ4n) is 6.91. The minimum Gasteiger partial charge on any atom is -0.258 e. The van der Waals surface area contributed by atoms with Crippen molar-refractivity contribution < 1.29 is 19.7 Å². The van der Waals surface area contributed by atoms with Crippen LogP contribution in [0, 0.1) is 61.2 Å². The fraction of sp³-hybridized carbons (Fsp3) is 0.106. The number of fused-ring (bicyclic) bond motifs is 6. The van der Waals surface area contributed by atoms with Gasteiger partial charge in [0.2, 0.25) is 0 Å². The van der Waals surface area contributed by atoms with Gasteiger partial charge >= 0.3 is 0 Å². The second-order valence-corrected chi connectivity index (χ2v) is 14.2. The second-order valence-electron chi connectivity index (χ2n) is 14.2. The Bertz CT molecular complexity index is 2910. The number of nitro groups is 4. The summed E-state index contributed by atoms with van der Waals surface area (Å²) in [5, 5.41) is 48.3. The molecule has 9 rings (SSSR count). The summed E-state index contributed by atoms with van der Waals surface area (Å²) in [6, 6.07) is 45.7. The van der Waals surface area contributed by atoms with Gasteiger partial charge in [-0.1, -0.05) is 96.4 Å². The SMILES string of the molecule is CC1c2ccccc2-c2ccc([N+](=O)[O-])cc21.Cc1ccc([N+](=O)[O-])cc1.Cc1ccc2cc([N+](=O)[O-])ccc2c1.Cc1ccc2cc3cc([N+](=O)[O-])ccc3cc2c1. The van der Waals surface area contributed by atoms with Crippen LogP contribution in [0.1, 0.15) is 40.7 Å². The van der Waals surface area contributed by atoms with Crippen molar-refractivity contribution in [2.75, 3.05) is 0 Å². The van der Waals surface area contributed by atoms with Crippen LogP contribution in [0.2, 0.25) is 0 Å². The zero-order valence-corrected chi connectivity index (χ0v) is 32.6. The number of benzene rings is 8. The normalized spacial score (nSPS) is 12.1. The van der Waals surface area contributed by atoms with Gasteiger partial charge in [0.05, 0.1) is 19.7 Å². The number of nitrogens with zero attached hydrogens (tertiary/aromatic N) is 4. The number of non-ortho nitro benzene ring substituents is 4. The van der Waals surface area contributed by atoms with Crippen LogP contribution in [0.15, 0.2) is 152 Å². The van der Waals surface area contributed by atoms with E-state index >= 15 is 0 Å². The molecule has 1 unspecified atom stereocenters. The summed E-state index contributed by atoms with van der Waals surface area (Å²) < 4.78 is 0. The molecule has 0 heterocycles. The first kappa shape index (κ1) is 40.8. The molecule has 8 aromatic rings. The van der Waals surface area contributed by atoms with Crippen molar-refractivity contribution in [1.82, 2.24) is 0 Å². The van der Waals surface area contributed by atoms with Gasteiger partial charge < -0.3 is 0 Å². The molecule has 59 heavy (non-hydrogen) atoms. The third kappa shape index (κ3) is 9.58. The standard InChI is InChI=1S/C15H11NO2.C14H11NO2.C11H9NO2.C7H7NO2/c1-10-2-3-11-8-14-9-15(16(17)18)5-4-12(14)7-13(11)6-10;1-9-11-4-2-3-5-12(11)13-7-6-10(15(16)17)8-14(9)13;1-8-2-3-10-7-11(12(13)14)5-4-9(10)6-8;1-6-2-4-7(5-3-6)8(9)10/h2-9H,1H3;2-9H,1H3;2-7H,1H3;2-5H,1H3. The summed E-state index contributed by atoms with van der Waals surface area (Å²) in [4.78, 5) is 40.7. The lowest BCUT2D eigenvalue weighted by Crippen LogP contribution is -1.92. The van der Waals surface area contributed by atoms with Gasteiger partial charge in [-0.05, 0) is 106 Å². The molecule has 0 aliphatic heterocycles. The second kappa shape index (κ2) is 17.5. The van der Waals surface area contributed by atoms with Crippen LogP contribution in [0.4, 0.5) is 22.7 Å². The van der Waals surface area contributed by atoms with Gasteiger partial charge in [-0.3, -0.25) is 40.5 Å². The summed E-state index contributed by atoms with van der Waals surface area (Å²) in [6.07, 6.45) is 0. The van der Waals surface area contributed by atoms with E-state index in [9.17, 15) is 40.5 Å². The van der Waals surface area contributed by atoms with Crippen LogP contribution in [0.3, 0.4) is 0 Å². The Kier molecular flexibility index (Phi) is 12.1. The molecule has 12 heteroatoms. The first-order valence-electron chi connectivity index (χ1n) is 18.5. The average molecular weight is 787 g/mol. The number of nitro benzene ring substituents is 4. The van der Waals surface area contributed by atoms with Crippen molar-refractivity contribution in [3.63, 3.8) is 0 Å². The lowest BCUT2D eigenvalue weighted by molar-refractivity contribution is -0.385. The lowest BCUT2D eigenvalue weighted by atomic mass is 9.99. The van der Waals surface area contributed by atoms with Gasteiger partial charge in [-0.25, -0.2) is 0 Å². The fourth-order valence-corrected chi connectivity index (χ4v) is 6.91. The number of hydrogen-bond acceptors (Lipinski definition) is 8. The van der Waals surface area contributed by atoms with E-state index in [0.29, 0.717) is 0 Å². The van der Waals surface area contributed by atoms with Crippen molar-refractivity contribution in [2.24, 2.45) is 0 Å². The number of hydrogen-bond donors (Lipinski definition) is 0. The van der Waals surface area contributed by atoms with E-state index in [0.717, 1.165) is 54.6 Å². The molecule has 0 saturated heterocycles. The summed E-state index contributed by atoms with van der Waals surface area (Å²) in [6.45, 7) is 8.04. The zero-order chi connectivity index (χ0) is 42.4. The quantitative estimate of drug-likeness (QED) is 0.0962. The average Bonchev–Trinajstić information content (AvgIpc) is 3.51. The van der Waals surface area contributed by atoms with Crippen molar-refractivity contribution in [1.29, 1.82) is 0 Å². The van der Waals surface area contributed by atoms with Crippen LogP contribution < -0.4 is 0 Å². The summed E-state index contributed by atoms with van der Waals surface area (Å²) in [5.41, 5.74) is 8.62. The Labute approximate surface area is 338 Å². The maximum atomic E-state index is 10.8. The molecule has 0 amide bonds. The molecule has 1 aliphatic carbocycles. The van der Waals surface area contributed by atoms with E-state index in [-0.39, 0.29) is 43.4 Å². The largest absolute Gasteiger partial charge is 0.270 e. The molecular formula is C47H38N4O8. The minimum atomic E-state index is -0.403. The monoisotopic (exact) mass is 786 g/mol. The lowest BCUT2D eigenvalue weighted by Gasteiger charge is -2.05. The smallest absolute Gasteiger partial charge is 0.258 e. The van der Waals surface area contributed by atoms with Crippen LogP contribution in [0.25, 0.3) is 43.4 Å². The Morgan fingerprint density at radius 3 is 1.29 bits per heavy atom. The van der Waals surface area contributed by atoms with Gasteiger partial charge in [-0.2, -0.15) is 0 Å². The van der Waals surface area contributed by atoms with Gasteiger partial charge in [0, 0.05) is 54.4 Å². The predicted molar refractivity (Wildman–Crippen MR) is 232 cm³/mol. The molecule has 0 saturated carbocycles. The van der Waals surface area contributed by atoms with Crippen LogP contribution >= 0.6 is 0 Å². The van der Waals surface area contributed by atoms with Crippen molar-refractivity contribution in [3.05, 3.63) is 220 Å². The van der Waals surface area contributed by atoms with Crippen molar-refractivity contribution in [2.45, 2.75) is 33.6 Å². The highest BCUT2D eigenvalue weighted by molar-refractivity contribution is 5.99. The van der Waals surface area contributed by atoms with Gasteiger partial charge in [0.15, 0.2) is 0 Å². The van der Waals surface area contributed by atoms with E-state index < -0.39 is 4.92 Å². The Morgan fingerprint density at radius 2 is 0.729 bits per heavy atom. The molecular weight excluding hydrogens is 749 g/mol. The Morgan fingerprint density at radius 1 is 0.356 bits per heavy atom. The highest BCUT2D eigenvalue weighted by Gasteiger charge is 2.26. The molecule has 1 aliphatic rings. The van der Waals surface area contributed by atoms with Crippen LogP contribution in [-0.2, 0) is 0 Å². The predicted octanol–water partition coefficient (Wildman–Crippen LogP) is 12.9. The molecule has 0 aromatic heterocycles. The van der Waals surface area contributed by atoms with E-state index in [4.69, 9.17) is 0 Å². The summed E-state index contributed by atoms with van der Waals surface area (Å²) in [5.74, 6) is 0.237. The molecule has 0 N–H and O–H groups in total. The van der Waals surface area contributed by atoms with E-state index in [1.54, 1.807) is 54.6 Å². The third-order valence-electron chi connectivity index (χ3n) is 10.0. The highest BCUT2D eigenvalue weighted by Crippen LogP contribution is 2.45. The number of aryl methyl sites for hydroxylation is 3. The zero-order valence-electron chi connectivity index (χ0n) is 32.6.